The molecule has 2 rings (SSSR count). The summed E-state index contributed by atoms with van der Waals surface area (Å²) in [6, 6.07) is 11.8. The summed E-state index contributed by atoms with van der Waals surface area (Å²) in [5, 5.41) is 0. The zero-order chi connectivity index (χ0) is 10.7. The number of aryl methyl sites for hydroxylation is 1. The Balaban J connectivity index is 2.32. The summed E-state index contributed by atoms with van der Waals surface area (Å²) in [7, 11) is 0. The molecule has 1 aromatic carbocycles. The summed E-state index contributed by atoms with van der Waals surface area (Å²) in [5.41, 5.74) is 2.56. The van der Waals surface area contributed by atoms with Crippen LogP contribution < -0.4 is 5.63 Å². The van der Waals surface area contributed by atoms with Crippen molar-refractivity contribution in [2.75, 3.05) is 0 Å². The van der Waals surface area contributed by atoms with Gasteiger partial charge in [-0.25, -0.2) is 4.79 Å². The molecule has 0 fully saturated rings. The van der Waals surface area contributed by atoms with Crippen LogP contribution in [0.5, 0.6) is 0 Å². The van der Waals surface area contributed by atoms with Crippen LogP contribution in [0.25, 0.3) is 0 Å². The van der Waals surface area contributed by atoms with Crippen LogP contribution in [0.1, 0.15) is 16.7 Å². The molecule has 76 valence electrons. The highest BCUT2D eigenvalue weighted by atomic mass is 16.4. The molecule has 0 spiro atoms. The molecular weight excluding hydrogens is 188 g/mol. The number of hydrogen-bond acceptors (Lipinski definition) is 2. The monoisotopic (exact) mass is 200 g/mol. The Labute approximate surface area is 88.2 Å². The third kappa shape index (κ3) is 2.34. The van der Waals surface area contributed by atoms with E-state index in [-0.39, 0.29) is 5.63 Å². The van der Waals surface area contributed by atoms with Crippen LogP contribution in [0, 0.1) is 6.92 Å². The van der Waals surface area contributed by atoms with Crippen molar-refractivity contribution in [3.8, 4) is 0 Å². The van der Waals surface area contributed by atoms with Gasteiger partial charge in [-0.05, 0) is 24.1 Å². The molecule has 0 saturated carbocycles. The lowest BCUT2D eigenvalue weighted by molar-refractivity contribution is 0.499. The van der Waals surface area contributed by atoms with Gasteiger partial charge >= 0.3 is 5.63 Å². The predicted octanol–water partition coefficient (Wildman–Crippen LogP) is 2.54. The predicted molar refractivity (Wildman–Crippen MR) is 59.0 cm³/mol. The fourth-order valence-electron chi connectivity index (χ4n) is 1.53. The SMILES string of the molecule is Cc1coc(=O)c(Cc2ccccc2)c1. The lowest BCUT2D eigenvalue weighted by Gasteiger charge is -2.00. The molecule has 0 atom stereocenters. The van der Waals surface area contributed by atoms with Gasteiger partial charge in [-0.3, -0.25) is 0 Å². The van der Waals surface area contributed by atoms with Gasteiger partial charge in [0.2, 0.25) is 0 Å². The number of hydrogen-bond donors (Lipinski definition) is 0. The van der Waals surface area contributed by atoms with Crippen molar-refractivity contribution in [3.63, 3.8) is 0 Å². The van der Waals surface area contributed by atoms with Gasteiger partial charge in [0, 0.05) is 12.0 Å². The second-order valence-electron chi connectivity index (χ2n) is 3.60. The zero-order valence-corrected chi connectivity index (χ0v) is 8.57. The second-order valence-corrected chi connectivity index (χ2v) is 3.60. The van der Waals surface area contributed by atoms with Crippen LogP contribution >= 0.6 is 0 Å². The second kappa shape index (κ2) is 4.13. The van der Waals surface area contributed by atoms with Crippen LogP contribution in [0.2, 0.25) is 0 Å². The lowest BCUT2D eigenvalue weighted by atomic mass is 10.1. The van der Waals surface area contributed by atoms with E-state index >= 15 is 0 Å². The van der Waals surface area contributed by atoms with E-state index in [1.807, 2.05) is 43.3 Å². The summed E-state index contributed by atoms with van der Waals surface area (Å²) in [5.74, 6) is 0. The van der Waals surface area contributed by atoms with E-state index in [1.54, 1.807) is 0 Å². The molecule has 15 heavy (non-hydrogen) atoms. The smallest absolute Gasteiger partial charge is 0.339 e. The topological polar surface area (TPSA) is 30.2 Å². The van der Waals surface area contributed by atoms with E-state index in [1.165, 1.54) is 6.26 Å². The van der Waals surface area contributed by atoms with Gasteiger partial charge in [-0.1, -0.05) is 30.3 Å². The summed E-state index contributed by atoms with van der Waals surface area (Å²) in [6.45, 7) is 1.91. The van der Waals surface area contributed by atoms with Gasteiger partial charge in [-0.15, -0.1) is 0 Å². The van der Waals surface area contributed by atoms with Crippen molar-refractivity contribution in [2.45, 2.75) is 13.3 Å². The third-order valence-corrected chi connectivity index (χ3v) is 2.25. The first-order valence-corrected chi connectivity index (χ1v) is 4.88. The quantitative estimate of drug-likeness (QED) is 0.745. The van der Waals surface area contributed by atoms with Gasteiger partial charge in [0.25, 0.3) is 0 Å². The Morgan fingerprint density at radius 2 is 1.93 bits per heavy atom. The van der Waals surface area contributed by atoms with E-state index in [0.717, 1.165) is 11.1 Å². The summed E-state index contributed by atoms with van der Waals surface area (Å²) in [4.78, 5) is 11.4. The first-order valence-electron chi connectivity index (χ1n) is 4.88. The molecule has 2 nitrogen and oxygen atoms in total. The average Bonchev–Trinajstić information content (AvgIpc) is 2.25. The normalized spacial score (nSPS) is 10.2. The van der Waals surface area contributed by atoms with Crippen molar-refractivity contribution in [2.24, 2.45) is 0 Å². The largest absolute Gasteiger partial charge is 0.431 e. The van der Waals surface area contributed by atoms with Gasteiger partial charge in [0.15, 0.2) is 0 Å². The Kier molecular flexibility index (Phi) is 2.68. The average molecular weight is 200 g/mol. The first kappa shape index (κ1) is 9.71. The molecule has 0 radical (unpaired) electrons. The van der Waals surface area contributed by atoms with Gasteiger partial charge in [0.1, 0.15) is 0 Å². The summed E-state index contributed by atoms with van der Waals surface area (Å²) >= 11 is 0. The molecule has 0 bridgehead atoms. The van der Waals surface area contributed by atoms with Gasteiger partial charge in [0.05, 0.1) is 6.26 Å². The molecule has 0 unspecified atom stereocenters. The molecule has 0 aliphatic rings. The van der Waals surface area contributed by atoms with Crippen LogP contribution in [0.3, 0.4) is 0 Å². The highest BCUT2D eigenvalue weighted by Gasteiger charge is 2.02. The molecule has 0 aliphatic carbocycles. The molecule has 1 aromatic heterocycles. The van der Waals surface area contributed by atoms with Crippen LogP contribution in [-0.2, 0) is 6.42 Å². The molecular formula is C13H12O2. The van der Waals surface area contributed by atoms with Crippen LogP contribution in [0.15, 0.2) is 51.9 Å². The van der Waals surface area contributed by atoms with Gasteiger partial charge < -0.3 is 4.42 Å². The Morgan fingerprint density at radius 3 is 2.67 bits per heavy atom. The molecule has 2 heteroatoms. The summed E-state index contributed by atoms with van der Waals surface area (Å²) < 4.78 is 4.91. The molecule has 0 saturated heterocycles. The van der Waals surface area contributed by atoms with Crippen LogP contribution in [0.4, 0.5) is 0 Å². The Morgan fingerprint density at radius 1 is 1.20 bits per heavy atom. The fraction of sp³-hybridized carbons (Fsp3) is 0.154. The maximum absolute atomic E-state index is 11.4. The number of benzene rings is 1. The van der Waals surface area contributed by atoms with Crippen LogP contribution in [-0.4, -0.2) is 0 Å². The van der Waals surface area contributed by atoms with E-state index in [4.69, 9.17) is 4.42 Å². The minimum absolute atomic E-state index is 0.246. The van der Waals surface area contributed by atoms with Crippen molar-refractivity contribution in [1.29, 1.82) is 0 Å². The lowest BCUT2D eigenvalue weighted by Crippen LogP contribution is -2.07. The van der Waals surface area contributed by atoms with E-state index < -0.39 is 0 Å². The van der Waals surface area contributed by atoms with Crippen molar-refractivity contribution in [1.82, 2.24) is 0 Å². The highest BCUT2D eigenvalue weighted by Crippen LogP contribution is 2.07. The maximum atomic E-state index is 11.4. The van der Waals surface area contributed by atoms with E-state index in [0.29, 0.717) is 12.0 Å². The number of rotatable bonds is 2. The summed E-state index contributed by atoms with van der Waals surface area (Å²) in [6.07, 6.45) is 2.11. The van der Waals surface area contributed by atoms with E-state index in [9.17, 15) is 4.79 Å². The first-order chi connectivity index (χ1) is 7.25. The molecule has 0 aliphatic heterocycles. The standard InChI is InChI=1S/C13H12O2/c1-10-7-12(13(14)15-9-10)8-11-5-3-2-4-6-11/h2-7,9H,8H2,1H3. The Bertz CT molecular complexity index is 497. The molecule has 1 heterocycles. The Hall–Kier alpha value is -1.83. The third-order valence-electron chi connectivity index (χ3n) is 2.25. The molecule has 2 aromatic rings. The van der Waals surface area contributed by atoms with Gasteiger partial charge in [-0.2, -0.15) is 0 Å². The van der Waals surface area contributed by atoms with Crippen molar-refractivity contribution < 1.29 is 4.42 Å². The van der Waals surface area contributed by atoms with Crippen molar-refractivity contribution >= 4 is 0 Å². The maximum Gasteiger partial charge on any atom is 0.339 e. The minimum Gasteiger partial charge on any atom is -0.431 e. The van der Waals surface area contributed by atoms with E-state index in [2.05, 4.69) is 0 Å². The highest BCUT2D eigenvalue weighted by molar-refractivity contribution is 5.25. The van der Waals surface area contributed by atoms with Crippen molar-refractivity contribution in [3.05, 3.63) is 69.8 Å². The fourth-order valence-corrected chi connectivity index (χ4v) is 1.53. The zero-order valence-electron chi connectivity index (χ0n) is 8.57. The minimum atomic E-state index is -0.246. The molecule has 0 N–H and O–H groups in total. The molecule has 0 amide bonds.